The topological polar surface area (TPSA) is 47.6 Å². The molecular weight excluding hydrogens is 242 g/mol. The van der Waals surface area contributed by atoms with Gasteiger partial charge in [0.1, 0.15) is 17.3 Å². The van der Waals surface area contributed by atoms with Gasteiger partial charge in [-0.25, -0.2) is 0 Å². The van der Waals surface area contributed by atoms with Crippen molar-refractivity contribution in [3.8, 4) is 11.5 Å². The van der Waals surface area contributed by atoms with Crippen molar-refractivity contribution in [3.05, 3.63) is 24.3 Å². The lowest BCUT2D eigenvalue weighted by Crippen LogP contribution is -2.34. The second-order valence-corrected chi connectivity index (χ2v) is 4.79. The molecule has 1 heterocycles. The first-order valence-electron chi connectivity index (χ1n) is 6.80. The first-order chi connectivity index (χ1) is 9.29. The molecule has 104 valence electrons. The molecule has 0 amide bonds. The van der Waals surface area contributed by atoms with Crippen molar-refractivity contribution >= 4 is 5.78 Å². The predicted octanol–water partition coefficient (Wildman–Crippen LogP) is 2.03. The van der Waals surface area contributed by atoms with Gasteiger partial charge in [-0.05, 0) is 31.5 Å². The smallest absolute Gasteiger partial charge is 0.140 e. The SMILES string of the molecule is COc1cccc(OCCC(=O)C2CCCNC2)c1. The number of Topliss-reactive ketones (excluding diaryl/α,β-unsaturated/α-hetero) is 1. The fourth-order valence-electron chi connectivity index (χ4n) is 2.29. The average molecular weight is 263 g/mol. The molecule has 2 rings (SSSR count). The highest BCUT2D eigenvalue weighted by Gasteiger charge is 2.20. The number of piperidine rings is 1. The summed E-state index contributed by atoms with van der Waals surface area (Å²) < 4.78 is 10.7. The monoisotopic (exact) mass is 263 g/mol. The second-order valence-electron chi connectivity index (χ2n) is 4.79. The summed E-state index contributed by atoms with van der Waals surface area (Å²) in [4.78, 5) is 12.0. The van der Waals surface area contributed by atoms with Gasteiger partial charge in [0.15, 0.2) is 0 Å². The van der Waals surface area contributed by atoms with Gasteiger partial charge in [0, 0.05) is 24.9 Å². The highest BCUT2D eigenvalue weighted by atomic mass is 16.5. The molecule has 1 aromatic carbocycles. The quantitative estimate of drug-likeness (QED) is 0.853. The van der Waals surface area contributed by atoms with Crippen molar-refractivity contribution in [2.24, 2.45) is 5.92 Å². The summed E-state index contributed by atoms with van der Waals surface area (Å²) in [5.41, 5.74) is 0. The van der Waals surface area contributed by atoms with Gasteiger partial charge in [-0.15, -0.1) is 0 Å². The Morgan fingerprint density at radius 3 is 3.00 bits per heavy atom. The molecule has 1 aliphatic heterocycles. The van der Waals surface area contributed by atoms with Crippen LogP contribution in [-0.2, 0) is 4.79 Å². The highest BCUT2D eigenvalue weighted by Crippen LogP contribution is 2.19. The van der Waals surface area contributed by atoms with Crippen LogP contribution in [-0.4, -0.2) is 32.6 Å². The molecule has 0 saturated carbocycles. The fraction of sp³-hybridized carbons (Fsp3) is 0.533. The van der Waals surface area contributed by atoms with E-state index in [1.54, 1.807) is 7.11 Å². The maximum atomic E-state index is 12.0. The zero-order chi connectivity index (χ0) is 13.5. The van der Waals surface area contributed by atoms with Crippen molar-refractivity contribution in [2.75, 3.05) is 26.8 Å². The largest absolute Gasteiger partial charge is 0.497 e. The highest BCUT2D eigenvalue weighted by molar-refractivity contribution is 5.81. The van der Waals surface area contributed by atoms with Crippen LogP contribution in [0.4, 0.5) is 0 Å². The van der Waals surface area contributed by atoms with Crippen molar-refractivity contribution in [3.63, 3.8) is 0 Å². The van der Waals surface area contributed by atoms with Crippen LogP contribution >= 0.6 is 0 Å². The van der Waals surface area contributed by atoms with Gasteiger partial charge in [-0.2, -0.15) is 0 Å². The third kappa shape index (κ3) is 4.24. The Hall–Kier alpha value is -1.55. The molecule has 1 aromatic rings. The van der Waals surface area contributed by atoms with Gasteiger partial charge < -0.3 is 14.8 Å². The van der Waals surface area contributed by atoms with Crippen molar-refractivity contribution in [1.82, 2.24) is 5.32 Å². The van der Waals surface area contributed by atoms with Crippen molar-refractivity contribution in [2.45, 2.75) is 19.3 Å². The summed E-state index contributed by atoms with van der Waals surface area (Å²) in [6, 6.07) is 7.44. The van der Waals surface area contributed by atoms with Gasteiger partial charge in [-0.3, -0.25) is 4.79 Å². The molecule has 1 N–H and O–H groups in total. The second kappa shape index (κ2) is 7.14. The number of ketones is 1. The lowest BCUT2D eigenvalue weighted by molar-refractivity contribution is -0.123. The van der Waals surface area contributed by atoms with Gasteiger partial charge in [0.25, 0.3) is 0 Å². The summed E-state index contributed by atoms with van der Waals surface area (Å²) in [5, 5.41) is 3.26. The van der Waals surface area contributed by atoms with Crippen LogP contribution in [0.2, 0.25) is 0 Å². The van der Waals surface area contributed by atoms with Gasteiger partial charge >= 0.3 is 0 Å². The van der Waals surface area contributed by atoms with E-state index in [4.69, 9.17) is 9.47 Å². The van der Waals surface area contributed by atoms with Gasteiger partial charge in [-0.1, -0.05) is 6.07 Å². The minimum absolute atomic E-state index is 0.169. The summed E-state index contributed by atoms with van der Waals surface area (Å²) in [5.74, 6) is 1.98. The summed E-state index contributed by atoms with van der Waals surface area (Å²) in [6.07, 6.45) is 2.57. The molecule has 4 nitrogen and oxygen atoms in total. The van der Waals surface area contributed by atoms with Gasteiger partial charge in [0.05, 0.1) is 13.7 Å². The molecule has 0 aromatic heterocycles. The Labute approximate surface area is 114 Å². The molecule has 1 fully saturated rings. The van der Waals surface area contributed by atoms with Gasteiger partial charge in [0.2, 0.25) is 0 Å². The zero-order valence-electron chi connectivity index (χ0n) is 11.4. The molecule has 0 aliphatic carbocycles. The number of rotatable bonds is 6. The molecule has 0 radical (unpaired) electrons. The van der Waals surface area contributed by atoms with E-state index in [1.807, 2.05) is 24.3 Å². The Morgan fingerprint density at radius 2 is 2.26 bits per heavy atom. The normalized spacial score (nSPS) is 18.9. The standard InChI is InChI=1S/C15H21NO3/c1-18-13-5-2-6-14(10-13)19-9-7-15(17)12-4-3-8-16-11-12/h2,5-6,10,12,16H,3-4,7-9,11H2,1H3. The van der Waals surface area contributed by atoms with E-state index < -0.39 is 0 Å². The van der Waals surface area contributed by atoms with Crippen LogP contribution in [0.3, 0.4) is 0 Å². The molecule has 0 bridgehead atoms. The molecule has 1 saturated heterocycles. The van der Waals surface area contributed by atoms with E-state index in [1.165, 1.54) is 0 Å². The number of hydrogen-bond acceptors (Lipinski definition) is 4. The van der Waals surface area contributed by atoms with E-state index in [9.17, 15) is 4.79 Å². The Bertz CT molecular complexity index is 414. The zero-order valence-corrected chi connectivity index (χ0v) is 11.4. The molecule has 4 heteroatoms. The maximum Gasteiger partial charge on any atom is 0.140 e. The van der Waals surface area contributed by atoms with E-state index in [-0.39, 0.29) is 5.92 Å². The molecular formula is C15H21NO3. The first-order valence-corrected chi connectivity index (χ1v) is 6.80. The third-order valence-electron chi connectivity index (χ3n) is 3.41. The molecule has 1 unspecified atom stereocenters. The van der Waals surface area contributed by atoms with E-state index in [0.29, 0.717) is 18.8 Å². The Morgan fingerprint density at radius 1 is 1.42 bits per heavy atom. The lowest BCUT2D eigenvalue weighted by atomic mass is 9.94. The van der Waals surface area contributed by atoms with Crippen LogP contribution in [0.25, 0.3) is 0 Å². The third-order valence-corrected chi connectivity index (χ3v) is 3.41. The summed E-state index contributed by atoms with van der Waals surface area (Å²) in [6.45, 7) is 2.28. The van der Waals surface area contributed by atoms with E-state index in [2.05, 4.69) is 5.32 Å². The number of methoxy groups -OCH3 is 1. The Kier molecular flexibility index (Phi) is 5.21. The molecule has 1 aliphatic rings. The maximum absolute atomic E-state index is 12.0. The average Bonchev–Trinajstić information content (AvgIpc) is 2.48. The lowest BCUT2D eigenvalue weighted by Gasteiger charge is -2.21. The fourth-order valence-corrected chi connectivity index (χ4v) is 2.29. The molecule has 1 atom stereocenters. The number of nitrogens with one attached hydrogen (secondary N) is 1. The first kappa shape index (κ1) is 13.9. The van der Waals surface area contributed by atoms with Crippen LogP contribution in [0.15, 0.2) is 24.3 Å². The van der Waals surface area contributed by atoms with Crippen LogP contribution in [0.1, 0.15) is 19.3 Å². The molecule has 19 heavy (non-hydrogen) atoms. The number of carbonyl (C=O) groups is 1. The minimum atomic E-state index is 0.169. The number of hydrogen-bond donors (Lipinski definition) is 1. The summed E-state index contributed by atoms with van der Waals surface area (Å²) in [7, 11) is 1.62. The molecule has 0 spiro atoms. The number of ether oxygens (including phenoxy) is 2. The summed E-state index contributed by atoms with van der Waals surface area (Å²) >= 11 is 0. The minimum Gasteiger partial charge on any atom is -0.497 e. The number of benzene rings is 1. The predicted molar refractivity (Wildman–Crippen MR) is 73.7 cm³/mol. The van der Waals surface area contributed by atoms with Crippen LogP contribution in [0, 0.1) is 5.92 Å². The Balaban J connectivity index is 1.74. The van der Waals surface area contributed by atoms with E-state index in [0.717, 1.165) is 37.4 Å². The van der Waals surface area contributed by atoms with E-state index >= 15 is 0 Å². The van der Waals surface area contributed by atoms with Crippen molar-refractivity contribution < 1.29 is 14.3 Å². The van der Waals surface area contributed by atoms with Crippen molar-refractivity contribution in [1.29, 1.82) is 0 Å². The number of carbonyl (C=O) groups excluding carboxylic acids is 1. The van der Waals surface area contributed by atoms with Crippen LogP contribution < -0.4 is 14.8 Å². The van der Waals surface area contributed by atoms with Crippen LogP contribution in [0.5, 0.6) is 11.5 Å².